The van der Waals surface area contributed by atoms with Crippen LogP contribution in [0, 0.1) is 6.92 Å². The lowest BCUT2D eigenvalue weighted by Gasteiger charge is -2.22. The molecule has 0 aromatic heterocycles. The van der Waals surface area contributed by atoms with E-state index < -0.39 is 6.04 Å². The molecule has 2 rings (SSSR count). The molecule has 1 atom stereocenters. The summed E-state index contributed by atoms with van der Waals surface area (Å²) in [4.78, 5) is 12.4. The number of carbonyl (C=O) groups is 1. The van der Waals surface area contributed by atoms with Crippen molar-refractivity contribution >= 4 is 17.5 Å². The highest BCUT2D eigenvalue weighted by Crippen LogP contribution is 2.33. The molecule has 108 valence electrons. The first kappa shape index (κ1) is 15.1. The Balaban J connectivity index is 2.24. The van der Waals surface area contributed by atoms with Crippen LogP contribution < -0.4 is 10.5 Å². The van der Waals surface area contributed by atoms with Crippen LogP contribution >= 0.6 is 11.8 Å². The summed E-state index contributed by atoms with van der Waals surface area (Å²) in [5.74, 6) is 2.57. The third-order valence-electron chi connectivity index (χ3n) is 3.53. The van der Waals surface area contributed by atoms with Crippen LogP contribution in [0.15, 0.2) is 24.5 Å². The highest BCUT2D eigenvalue weighted by molar-refractivity contribution is 7.98. The zero-order chi connectivity index (χ0) is 14.7. The molecule has 0 unspecified atom stereocenters. The second-order valence-electron chi connectivity index (χ2n) is 5.17. The molecule has 1 aromatic rings. The Bertz CT molecular complexity index is 540. The number of nitrogens with two attached hydrogens (primary N) is 1. The number of carbonyl (C=O) groups excluding carboxylic acids is 1. The number of thioether (sulfide) groups is 1. The molecule has 0 saturated heterocycles. The van der Waals surface area contributed by atoms with E-state index in [0.29, 0.717) is 12.0 Å². The first-order valence-corrected chi connectivity index (χ1v) is 8.20. The smallest absolute Gasteiger partial charge is 0.179 e. The van der Waals surface area contributed by atoms with Crippen molar-refractivity contribution in [2.24, 2.45) is 5.73 Å². The van der Waals surface area contributed by atoms with Gasteiger partial charge in [-0.15, -0.1) is 0 Å². The van der Waals surface area contributed by atoms with Crippen molar-refractivity contribution in [1.29, 1.82) is 0 Å². The highest BCUT2D eigenvalue weighted by Gasteiger charge is 2.21. The lowest BCUT2D eigenvalue weighted by atomic mass is 9.94. The number of Topliss-reactive ketones (excluding diaryl/α,β-unsaturated/α-hetero) is 1. The first-order valence-electron chi connectivity index (χ1n) is 6.80. The monoisotopic (exact) mass is 291 g/mol. The van der Waals surface area contributed by atoms with Gasteiger partial charge in [0.15, 0.2) is 5.78 Å². The maximum Gasteiger partial charge on any atom is 0.179 e. The van der Waals surface area contributed by atoms with E-state index >= 15 is 0 Å². The summed E-state index contributed by atoms with van der Waals surface area (Å²) in [6, 6.07) is 3.38. The Morgan fingerprint density at radius 3 is 2.95 bits per heavy atom. The van der Waals surface area contributed by atoms with Gasteiger partial charge in [0.1, 0.15) is 5.75 Å². The second kappa shape index (κ2) is 6.46. The fraction of sp³-hybridized carbons (Fsp3) is 0.438. The lowest BCUT2D eigenvalue weighted by molar-refractivity contribution is 0.0959. The molecule has 0 bridgehead atoms. The number of hydrogen-bond acceptors (Lipinski definition) is 4. The molecule has 0 fully saturated rings. The summed E-state index contributed by atoms with van der Waals surface area (Å²) in [6.45, 7) is 5.82. The molecule has 1 aliphatic rings. The fourth-order valence-electron chi connectivity index (χ4n) is 2.38. The van der Waals surface area contributed by atoms with Crippen molar-refractivity contribution in [3.05, 3.63) is 41.2 Å². The number of ether oxygens (including phenoxy) is 1. The van der Waals surface area contributed by atoms with Gasteiger partial charge in [0, 0.05) is 12.0 Å². The molecule has 20 heavy (non-hydrogen) atoms. The number of benzene rings is 1. The average Bonchev–Trinajstić information content (AvgIpc) is 2.44. The van der Waals surface area contributed by atoms with E-state index in [0.717, 1.165) is 41.2 Å². The maximum absolute atomic E-state index is 12.4. The van der Waals surface area contributed by atoms with E-state index in [1.54, 1.807) is 11.8 Å². The van der Waals surface area contributed by atoms with Crippen molar-refractivity contribution in [1.82, 2.24) is 0 Å². The summed E-state index contributed by atoms with van der Waals surface area (Å²) < 4.78 is 5.68. The van der Waals surface area contributed by atoms with Crippen molar-refractivity contribution in [3.8, 4) is 5.75 Å². The van der Waals surface area contributed by atoms with Crippen LogP contribution in [0.2, 0.25) is 0 Å². The zero-order valence-corrected chi connectivity index (χ0v) is 12.9. The molecular weight excluding hydrogens is 270 g/mol. The number of fused-ring (bicyclic) bond motifs is 1. The predicted molar refractivity (Wildman–Crippen MR) is 84.6 cm³/mol. The van der Waals surface area contributed by atoms with Crippen LogP contribution in [0.3, 0.4) is 0 Å². The molecule has 1 aromatic carbocycles. The molecule has 0 amide bonds. The van der Waals surface area contributed by atoms with Gasteiger partial charge >= 0.3 is 0 Å². The largest absolute Gasteiger partial charge is 0.462 e. The van der Waals surface area contributed by atoms with E-state index in [-0.39, 0.29) is 5.78 Å². The van der Waals surface area contributed by atoms with E-state index in [9.17, 15) is 4.79 Å². The Morgan fingerprint density at radius 2 is 2.25 bits per heavy atom. The Labute approximate surface area is 124 Å². The van der Waals surface area contributed by atoms with Gasteiger partial charge in [-0.3, -0.25) is 4.79 Å². The minimum absolute atomic E-state index is 0.0225. The first-order chi connectivity index (χ1) is 9.52. The molecule has 1 aliphatic heterocycles. The van der Waals surface area contributed by atoms with Gasteiger partial charge in [-0.2, -0.15) is 11.8 Å². The van der Waals surface area contributed by atoms with Crippen molar-refractivity contribution in [2.75, 3.05) is 12.0 Å². The van der Waals surface area contributed by atoms with Crippen LogP contribution in [0.25, 0.3) is 0 Å². The van der Waals surface area contributed by atoms with E-state index in [2.05, 4.69) is 6.58 Å². The average molecular weight is 291 g/mol. The van der Waals surface area contributed by atoms with E-state index in [4.69, 9.17) is 10.5 Å². The van der Waals surface area contributed by atoms with Gasteiger partial charge in [-0.1, -0.05) is 6.58 Å². The molecule has 0 radical (unpaired) electrons. The van der Waals surface area contributed by atoms with Crippen LogP contribution in [0.4, 0.5) is 0 Å². The van der Waals surface area contributed by atoms with Gasteiger partial charge in [0.05, 0.1) is 11.8 Å². The topological polar surface area (TPSA) is 52.3 Å². The summed E-state index contributed by atoms with van der Waals surface area (Å²) in [7, 11) is 0. The molecule has 0 spiro atoms. The molecule has 0 saturated carbocycles. The van der Waals surface area contributed by atoms with Crippen LogP contribution in [-0.2, 0) is 6.42 Å². The summed E-state index contributed by atoms with van der Waals surface area (Å²) in [5, 5.41) is 0. The van der Waals surface area contributed by atoms with Crippen molar-refractivity contribution < 1.29 is 9.53 Å². The Hall–Kier alpha value is -1.26. The lowest BCUT2D eigenvalue weighted by Crippen LogP contribution is -2.31. The minimum atomic E-state index is -0.417. The Morgan fingerprint density at radius 1 is 1.50 bits per heavy atom. The molecule has 0 aliphatic carbocycles. The van der Waals surface area contributed by atoms with E-state index in [1.165, 1.54) is 0 Å². The second-order valence-corrected chi connectivity index (χ2v) is 6.16. The number of allylic oxidation sites excluding steroid dienone is 1. The van der Waals surface area contributed by atoms with Gasteiger partial charge in [0.25, 0.3) is 0 Å². The fourth-order valence-corrected chi connectivity index (χ4v) is 2.87. The van der Waals surface area contributed by atoms with Crippen molar-refractivity contribution in [3.63, 3.8) is 0 Å². The van der Waals surface area contributed by atoms with Gasteiger partial charge in [-0.25, -0.2) is 0 Å². The molecule has 4 heteroatoms. The quantitative estimate of drug-likeness (QED) is 0.847. The Kier molecular flexibility index (Phi) is 4.89. The summed E-state index contributed by atoms with van der Waals surface area (Å²) in [5.41, 5.74) is 8.73. The number of hydrogen-bond donors (Lipinski definition) is 1. The third kappa shape index (κ3) is 3.25. The molecule has 3 nitrogen and oxygen atoms in total. The van der Waals surface area contributed by atoms with E-state index in [1.807, 2.05) is 25.3 Å². The zero-order valence-electron chi connectivity index (χ0n) is 12.1. The van der Waals surface area contributed by atoms with Gasteiger partial charge in [-0.05, 0) is 55.0 Å². The van der Waals surface area contributed by atoms with Crippen LogP contribution in [0.1, 0.15) is 34.3 Å². The van der Waals surface area contributed by atoms with Crippen LogP contribution in [-0.4, -0.2) is 23.8 Å². The molecular formula is C16H21NO2S. The molecule has 2 N–H and O–H groups in total. The summed E-state index contributed by atoms with van der Waals surface area (Å²) in [6.07, 6.45) is 4.41. The molecule has 1 heterocycles. The minimum Gasteiger partial charge on any atom is -0.462 e. The van der Waals surface area contributed by atoms with Gasteiger partial charge < -0.3 is 10.5 Å². The highest BCUT2D eigenvalue weighted by atomic mass is 32.2. The predicted octanol–water partition coefficient (Wildman–Crippen LogP) is 3.10. The van der Waals surface area contributed by atoms with Crippen LogP contribution in [0.5, 0.6) is 5.75 Å². The third-order valence-corrected chi connectivity index (χ3v) is 4.17. The standard InChI is InChI=1S/C16H21NO2S/c1-10-8-13(15(18)14(17)6-7-20-3)9-12-5-4-11(2)19-16(10)12/h8-9,14H,2,4-7,17H2,1,3H3/t14-/m0/s1. The normalized spacial score (nSPS) is 15.4. The van der Waals surface area contributed by atoms with Gasteiger partial charge in [0.2, 0.25) is 0 Å². The number of ketones is 1. The number of rotatable bonds is 5. The van der Waals surface area contributed by atoms with Crippen molar-refractivity contribution in [2.45, 2.75) is 32.2 Å². The number of aryl methyl sites for hydroxylation is 2. The SMILES string of the molecule is C=C1CCc2cc(C(=O)[C@@H](N)CCSC)cc(C)c2O1. The maximum atomic E-state index is 12.4. The summed E-state index contributed by atoms with van der Waals surface area (Å²) >= 11 is 1.71.